The minimum atomic E-state index is 0.722. The van der Waals surface area contributed by atoms with Crippen LogP contribution in [0.3, 0.4) is 0 Å². The highest BCUT2D eigenvalue weighted by Gasteiger charge is 2.52. The van der Waals surface area contributed by atoms with Crippen LogP contribution in [0.2, 0.25) is 0 Å². The molecular formula is C15H25N3S. The summed E-state index contributed by atoms with van der Waals surface area (Å²) in [5, 5.41) is 14.9. The Hall–Kier alpha value is -0.480. The predicted octanol–water partition coefficient (Wildman–Crippen LogP) is 3.23. The summed E-state index contributed by atoms with van der Waals surface area (Å²) in [5.74, 6) is 3.40. The number of hydrogen-bond donors (Lipinski definition) is 1. The fraction of sp³-hybridized carbons (Fsp3) is 0.867. The molecular weight excluding hydrogens is 254 g/mol. The monoisotopic (exact) mass is 279 g/mol. The summed E-state index contributed by atoms with van der Waals surface area (Å²) < 4.78 is 0. The van der Waals surface area contributed by atoms with Gasteiger partial charge in [-0.15, -0.1) is 21.5 Å². The average Bonchev–Trinajstić information content (AvgIpc) is 2.95. The summed E-state index contributed by atoms with van der Waals surface area (Å²) in [5.41, 5.74) is 0. The Morgan fingerprint density at radius 2 is 1.95 bits per heavy atom. The molecule has 0 aliphatic heterocycles. The van der Waals surface area contributed by atoms with Gasteiger partial charge < -0.3 is 5.32 Å². The number of fused-ring (bicyclic) bond motifs is 1. The average molecular weight is 279 g/mol. The Labute approximate surface area is 120 Å². The molecule has 2 atom stereocenters. The summed E-state index contributed by atoms with van der Waals surface area (Å²) in [4.78, 5) is 0. The highest BCUT2D eigenvalue weighted by molar-refractivity contribution is 7.11. The van der Waals surface area contributed by atoms with Gasteiger partial charge in [-0.1, -0.05) is 26.7 Å². The maximum absolute atomic E-state index is 4.46. The van der Waals surface area contributed by atoms with E-state index in [-0.39, 0.29) is 0 Å². The molecule has 0 spiro atoms. The SMILES string of the molecule is CC(C)CNCCc1nnc(C2C3CCCCC32)s1. The summed E-state index contributed by atoms with van der Waals surface area (Å²) in [6.07, 6.45) is 6.76. The van der Waals surface area contributed by atoms with Gasteiger partial charge in [0.15, 0.2) is 0 Å². The predicted molar refractivity (Wildman–Crippen MR) is 79.5 cm³/mol. The van der Waals surface area contributed by atoms with E-state index < -0.39 is 0 Å². The first kappa shape index (κ1) is 13.5. The van der Waals surface area contributed by atoms with Crippen LogP contribution in [0.15, 0.2) is 0 Å². The van der Waals surface area contributed by atoms with E-state index in [9.17, 15) is 0 Å². The molecule has 4 heteroatoms. The van der Waals surface area contributed by atoms with Crippen molar-refractivity contribution in [1.82, 2.24) is 15.5 Å². The zero-order valence-electron chi connectivity index (χ0n) is 12.1. The van der Waals surface area contributed by atoms with E-state index >= 15 is 0 Å². The molecule has 2 aliphatic rings. The lowest BCUT2D eigenvalue weighted by atomic mass is 10.0. The number of rotatable bonds is 6. The third kappa shape index (κ3) is 3.16. The lowest BCUT2D eigenvalue weighted by molar-refractivity contribution is 0.480. The Morgan fingerprint density at radius 1 is 1.21 bits per heavy atom. The second-order valence-electron chi connectivity index (χ2n) is 6.52. The van der Waals surface area contributed by atoms with Crippen LogP contribution in [0, 0.1) is 17.8 Å². The molecule has 3 nitrogen and oxygen atoms in total. The van der Waals surface area contributed by atoms with Crippen molar-refractivity contribution in [2.24, 2.45) is 17.8 Å². The quantitative estimate of drug-likeness (QED) is 0.812. The minimum absolute atomic E-state index is 0.722. The topological polar surface area (TPSA) is 37.8 Å². The second-order valence-corrected chi connectivity index (χ2v) is 7.61. The normalized spacial score (nSPS) is 29.5. The van der Waals surface area contributed by atoms with Crippen molar-refractivity contribution < 1.29 is 0 Å². The van der Waals surface area contributed by atoms with E-state index in [4.69, 9.17) is 0 Å². The molecule has 3 rings (SSSR count). The molecule has 106 valence electrons. The lowest BCUT2D eigenvalue weighted by Crippen LogP contribution is -2.22. The van der Waals surface area contributed by atoms with Crippen LogP contribution in [0.1, 0.15) is 55.5 Å². The fourth-order valence-electron chi connectivity index (χ4n) is 3.45. The maximum atomic E-state index is 4.46. The van der Waals surface area contributed by atoms with Crippen LogP contribution < -0.4 is 5.32 Å². The zero-order chi connectivity index (χ0) is 13.2. The maximum Gasteiger partial charge on any atom is 0.121 e. The zero-order valence-corrected chi connectivity index (χ0v) is 12.9. The van der Waals surface area contributed by atoms with Crippen LogP contribution in [0.25, 0.3) is 0 Å². The molecule has 1 aromatic heterocycles. The standard InChI is InChI=1S/C15H25N3S/c1-10(2)9-16-8-7-13-17-18-15(19-13)14-11-5-3-4-6-12(11)14/h10-12,14,16H,3-9H2,1-2H3. The van der Waals surface area contributed by atoms with Gasteiger partial charge in [-0.25, -0.2) is 0 Å². The van der Waals surface area contributed by atoms with Gasteiger partial charge in [0, 0.05) is 18.9 Å². The van der Waals surface area contributed by atoms with E-state index in [1.54, 1.807) is 0 Å². The van der Waals surface area contributed by atoms with Crippen molar-refractivity contribution >= 4 is 11.3 Å². The Kier molecular flexibility index (Phi) is 4.18. The van der Waals surface area contributed by atoms with Gasteiger partial charge in [0.1, 0.15) is 10.0 Å². The number of nitrogens with zero attached hydrogens (tertiary/aromatic N) is 2. The van der Waals surface area contributed by atoms with Gasteiger partial charge in [-0.3, -0.25) is 0 Å². The summed E-state index contributed by atoms with van der Waals surface area (Å²) in [6.45, 7) is 6.61. The molecule has 1 N–H and O–H groups in total. The van der Waals surface area contributed by atoms with E-state index in [1.165, 1.54) is 35.7 Å². The number of aromatic nitrogens is 2. The molecule has 2 aliphatic carbocycles. The van der Waals surface area contributed by atoms with Gasteiger partial charge in [0.25, 0.3) is 0 Å². The van der Waals surface area contributed by atoms with Crippen LogP contribution in [0.4, 0.5) is 0 Å². The van der Waals surface area contributed by atoms with Crippen LogP contribution in [-0.4, -0.2) is 23.3 Å². The largest absolute Gasteiger partial charge is 0.316 e. The highest BCUT2D eigenvalue weighted by atomic mass is 32.1. The van der Waals surface area contributed by atoms with E-state index in [0.717, 1.165) is 43.2 Å². The third-order valence-corrected chi connectivity index (χ3v) is 5.58. The summed E-state index contributed by atoms with van der Waals surface area (Å²) in [7, 11) is 0. The van der Waals surface area contributed by atoms with Gasteiger partial charge in [-0.05, 0) is 37.1 Å². The molecule has 19 heavy (non-hydrogen) atoms. The summed E-state index contributed by atoms with van der Waals surface area (Å²) in [6, 6.07) is 0. The van der Waals surface area contributed by atoms with Crippen LogP contribution in [-0.2, 0) is 6.42 Å². The van der Waals surface area contributed by atoms with Gasteiger partial charge in [0.2, 0.25) is 0 Å². The van der Waals surface area contributed by atoms with Crippen LogP contribution >= 0.6 is 11.3 Å². The molecule has 2 saturated carbocycles. The third-order valence-electron chi connectivity index (χ3n) is 4.49. The van der Waals surface area contributed by atoms with E-state index in [2.05, 4.69) is 29.4 Å². The summed E-state index contributed by atoms with van der Waals surface area (Å²) >= 11 is 1.87. The number of nitrogens with one attached hydrogen (secondary N) is 1. The molecule has 1 heterocycles. The minimum Gasteiger partial charge on any atom is -0.316 e. The molecule has 0 saturated heterocycles. The van der Waals surface area contributed by atoms with Crippen LogP contribution in [0.5, 0.6) is 0 Å². The number of hydrogen-bond acceptors (Lipinski definition) is 4. The molecule has 2 unspecified atom stereocenters. The molecule has 0 bridgehead atoms. The fourth-order valence-corrected chi connectivity index (χ4v) is 4.54. The Bertz CT molecular complexity index is 403. The molecule has 0 aromatic carbocycles. The first-order chi connectivity index (χ1) is 9.25. The first-order valence-electron chi connectivity index (χ1n) is 7.78. The Balaban J connectivity index is 1.47. The van der Waals surface area contributed by atoms with Gasteiger partial charge in [-0.2, -0.15) is 0 Å². The molecule has 0 amide bonds. The highest BCUT2D eigenvalue weighted by Crippen LogP contribution is 2.61. The smallest absolute Gasteiger partial charge is 0.121 e. The second kappa shape index (κ2) is 5.88. The lowest BCUT2D eigenvalue weighted by Gasteiger charge is -2.05. The molecule has 2 fully saturated rings. The van der Waals surface area contributed by atoms with Crippen molar-refractivity contribution in [3.05, 3.63) is 10.0 Å². The van der Waals surface area contributed by atoms with E-state index in [0.29, 0.717) is 0 Å². The van der Waals surface area contributed by atoms with Crippen molar-refractivity contribution in [3.63, 3.8) is 0 Å². The van der Waals surface area contributed by atoms with E-state index in [1.807, 2.05) is 11.3 Å². The van der Waals surface area contributed by atoms with Gasteiger partial charge in [0.05, 0.1) is 0 Å². The Morgan fingerprint density at radius 3 is 2.63 bits per heavy atom. The van der Waals surface area contributed by atoms with Crippen molar-refractivity contribution in [2.75, 3.05) is 13.1 Å². The molecule has 0 radical (unpaired) electrons. The van der Waals surface area contributed by atoms with Crippen molar-refractivity contribution in [3.8, 4) is 0 Å². The van der Waals surface area contributed by atoms with Gasteiger partial charge >= 0.3 is 0 Å². The molecule has 1 aromatic rings. The van der Waals surface area contributed by atoms with Crippen molar-refractivity contribution in [1.29, 1.82) is 0 Å². The first-order valence-corrected chi connectivity index (χ1v) is 8.60. The van der Waals surface area contributed by atoms with Crippen molar-refractivity contribution in [2.45, 2.75) is 51.9 Å².